The van der Waals surface area contributed by atoms with Crippen LogP contribution in [0.3, 0.4) is 0 Å². The van der Waals surface area contributed by atoms with Crippen molar-refractivity contribution in [1.29, 1.82) is 0 Å². The van der Waals surface area contributed by atoms with Crippen molar-refractivity contribution >= 4 is 28.7 Å². The minimum atomic E-state index is -1.03. The number of fused-ring (bicyclic) bond motifs is 1. The molecule has 1 heterocycles. The number of carboxylic acids is 1. The number of hydrogen-bond donors (Lipinski definition) is 4. The molecule has 2 amide bonds. The number of carboxylic acid groups (broad SMARTS) is 1. The summed E-state index contributed by atoms with van der Waals surface area (Å²) >= 11 is 0. The van der Waals surface area contributed by atoms with Gasteiger partial charge in [-0.2, -0.15) is 0 Å². The summed E-state index contributed by atoms with van der Waals surface area (Å²) in [5.41, 5.74) is 1.01. The van der Waals surface area contributed by atoms with Gasteiger partial charge < -0.3 is 25.6 Å². The molecule has 2 unspecified atom stereocenters. The third-order valence-electron chi connectivity index (χ3n) is 6.34. The second-order valence-corrected chi connectivity index (χ2v) is 11.1. The van der Waals surface area contributed by atoms with Crippen LogP contribution in [0.5, 0.6) is 0 Å². The molecule has 0 bridgehead atoms. The van der Waals surface area contributed by atoms with Gasteiger partial charge in [-0.15, -0.1) is 0 Å². The number of nitrogens with zero attached hydrogens (tertiary/aromatic N) is 1. The number of aromatic nitrogens is 1. The second-order valence-electron chi connectivity index (χ2n) is 11.1. The lowest BCUT2D eigenvalue weighted by Gasteiger charge is -2.37. The van der Waals surface area contributed by atoms with E-state index in [9.17, 15) is 14.4 Å². The first kappa shape index (κ1) is 31.9. The molecule has 4 N–H and O–H groups in total. The SMILES string of the molecule is CCC.CNC(C(=O)NC(C(=O)N(C)C/C=C(\C)C(=O)O)C(C)(C)C)C(C)(C)c1c[nH]c2ccccc12. The van der Waals surface area contributed by atoms with E-state index < -0.39 is 28.9 Å². The molecule has 2 aromatic rings. The van der Waals surface area contributed by atoms with E-state index in [0.29, 0.717) is 0 Å². The molecule has 8 heteroatoms. The van der Waals surface area contributed by atoms with E-state index in [-0.39, 0.29) is 23.9 Å². The van der Waals surface area contributed by atoms with E-state index in [1.807, 2.05) is 65.1 Å². The van der Waals surface area contributed by atoms with Crippen LogP contribution in [-0.2, 0) is 19.8 Å². The molecular weight excluding hydrogens is 468 g/mol. The number of carbonyl (C=O) groups is 3. The van der Waals surface area contributed by atoms with Gasteiger partial charge in [-0.1, -0.05) is 79.2 Å². The maximum atomic E-state index is 13.5. The minimum Gasteiger partial charge on any atom is -0.478 e. The second kappa shape index (κ2) is 13.4. The maximum absolute atomic E-state index is 13.5. The molecule has 206 valence electrons. The Hall–Kier alpha value is -3.13. The van der Waals surface area contributed by atoms with Crippen molar-refractivity contribution in [1.82, 2.24) is 20.5 Å². The number of nitrogens with one attached hydrogen (secondary N) is 3. The summed E-state index contributed by atoms with van der Waals surface area (Å²) in [5.74, 6) is -1.59. The van der Waals surface area contributed by atoms with Gasteiger partial charge in [0.2, 0.25) is 11.8 Å². The summed E-state index contributed by atoms with van der Waals surface area (Å²) < 4.78 is 0. The van der Waals surface area contributed by atoms with Gasteiger partial charge in [0, 0.05) is 41.7 Å². The topological polar surface area (TPSA) is 115 Å². The van der Waals surface area contributed by atoms with E-state index in [4.69, 9.17) is 5.11 Å². The molecule has 2 rings (SSSR count). The molecule has 37 heavy (non-hydrogen) atoms. The van der Waals surface area contributed by atoms with Gasteiger partial charge >= 0.3 is 5.97 Å². The standard InChI is InChI=1S/C26H38N4O4.C3H8/c1-16(24(33)34)13-14-30(8)23(32)21(25(2,3)4)29-22(31)20(27-7)26(5,6)18-15-28-19-12-10-9-11-17(18)19;1-3-2/h9-13,15,20-21,27-28H,14H2,1-8H3,(H,29,31)(H,33,34);3H2,1-2H3/b16-13+;. The fourth-order valence-electron chi connectivity index (χ4n) is 4.13. The molecule has 0 fully saturated rings. The normalized spacial score (nSPS) is 13.8. The number of amides is 2. The predicted molar refractivity (Wildman–Crippen MR) is 151 cm³/mol. The number of benzene rings is 1. The molecule has 1 aromatic carbocycles. The summed E-state index contributed by atoms with van der Waals surface area (Å²) in [6.45, 7) is 15.5. The average Bonchev–Trinajstić information content (AvgIpc) is 3.25. The average molecular weight is 515 g/mol. The van der Waals surface area contributed by atoms with Gasteiger partial charge in [0.1, 0.15) is 6.04 Å². The number of para-hydroxylation sites is 1. The molecule has 0 saturated carbocycles. The van der Waals surface area contributed by atoms with Crippen LogP contribution < -0.4 is 10.6 Å². The monoisotopic (exact) mass is 514 g/mol. The molecule has 0 saturated heterocycles. The highest BCUT2D eigenvalue weighted by Gasteiger charge is 2.41. The molecule has 0 radical (unpaired) electrons. The van der Waals surface area contributed by atoms with E-state index in [1.54, 1.807) is 14.1 Å². The first-order valence-corrected chi connectivity index (χ1v) is 12.8. The van der Waals surface area contributed by atoms with Crippen molar-refractivity contribution in [3.8, 4) is 0 Å². The Morgan fingerprint density at radius 1 is 1.08 bits per heavy atom. The van der Waals surface area contributed by atoms with Gasteiger partial charge in [0.25, 0.3) is 0 Å². The summed E-state index contributed by atoms with van der Waals surface area (Å²) in [6.07, 6.45) is 4.66. The van der Waals surface area contributed by atoms with E-state index in [2.05, 4.69) is 29.5 Å². The number of hydrogen-bond acceptors (Lipinski definition) is 4. The fraction of sp³-hybridized carbons (Fsp3) is 0.552. The van der Waals surface area contributed by atoms with Crippen LogP contribution in [0.4, 0.5) is 0 Å². The van der Waals surface area contributed by atoms with Crippen LogP contribution in [-0.4, -0.2) is 65.5 Å². The molecule has 1 aromatic heterocycles. The van der Waals surface area contributed by atoms with Crippen LogP contribution in [0, 0.1) is 5.41 Å². The Morgan fingerprint density at radius 3 is 2.16 bits per heavy atom. The van der Waals surface area contributed by atoms with Gasteiger partial charge in [0.15, 0.2) is 0 Å². The van der Waals surface area contributed by atoms with Gasteiger partial charge in [0.05, 0.1) is 6.04 Å². The molecule has 0 spiro atoms. The number of aromatic amines is 1. The van der Waals surface area contributed by atoms with Crippen molar-refractivity contribution in [2.24, 2.45) is 5.41 Å². The molecule has 0 aliphatic rings. The maximum Gasteiger partial charge on any atom is 0.331 e. The van der Waals surface area contributed by atoms with Crippen molar-refractivity contribution < 1.29 is 19.5 Å². The van der Waals surface area contributed by atoms with Crippen LogP contribution in [0.25, 0.3) is 10.9 Å². The summed E-state index contributed by atoms with van der Waals surface area (Å²) in [6, 6.07) is 6.54. The van der Waals surface area contributed by atoms with Gasteiger partial charge in [-0.3, -0.25) is 9.59 Å². The lowest BCUT2D eigenvalue weighted by Crippen LogP contribution is -2.60. The van der Waals surface area contributed by atoms with Crippen LogP contribution in [0.1, 0.15) is 67.4 Å². The molecule has 8 nitrogen and oxygen atoms in total. The third-order valence-corrected chi connectivity index (χ3v) is 6.34. The smallest absolute Gasteiger partial charge is 0.331 e. The summed E-state index contributed by atoms with van der Waals surface area (Å²) in [7, 11) is 3.34. The molecule has 2 atom stereocenters. The molecule has 0 aliphatic carbocycles. The van der Waals surface area contributed by atoms with Crippen LogP contribution in [0.2, 0.25) is 0 Å². The lowest BCUT2D eigenvalue weighted by atomic mass is 9.76. The Balaban J connectivity index is 0.00000217. The lowest BCUT2D eigenvalue weighted by molar-refractivity contribution is -0.139. The van der Waals surface area contributed by atoms with Crippen LogP contribution >= 0.6 is 0 Å². The largest absolute Gasteiger partial charge is 0.478 e. The Morgan fingerprint density at radius 2 is 1.65 bits per heavy atom. The summed E-state index contributed by atoms with van der Waals surface area (Å²) in [4.78, 5) is 42.6. The zero-order valence-corrected chi connectivity index (χ0v) is 24.2. The zero-order valence-electron chi connectivity index (χ0n) is 24.2. The van der Waals surface area contributed by atoms with Crippen molar-refractivity contribution in [2.45, 2.75) is 79.3 Å². The minimum absolute atomic E-state index is 0.135. The number of rotatable bonds is 9. The van der Waals surface area contributed by atoms with Gasteiger partial charge in [-0.05, 0) is 31.0 Å². The van der Waals surface area contributed by atoms with Crippen molar-refractivity contribution in [2.75, 3.05) is 20.6 Å². The van der Waals surface area contributed by atoms with Crippen molar-refractivity contribution in [3.63, 3.8) is 0 Å². The molecular formula is C29H46N4O4. The third kappa shape index (κ3) is 8.18. The van der Waals surface area contributed by atoms with E-state index >= 15 is 0 Å². The number of aliphatic carboxylic acids is 1. The van der Waals surface area contributed by atoms with Gasteiger partial charge in [-0.25, -0.2) is 4.79 Å². The highest BCUT2D eigenvalue weighted by Crippen LogP contribution is 2.33. The highest BCUT2D eigenvalue weighted by molar-refractivity contribution is 5.92. The Labute approximate surface area is 221 Å². The quantitative estimate of drug-likeness (QED) is 0.369. The highest BCUT2D eigenvalue weighted by atomic mass is 16.4. The first-order valence-electron chi connectivity index (χ1n) is 12.8. The fourth-order valence-corrected chi connectivity index (χ4v) is 4.13. The van der Waals surface area contributed by atoms with Crippen molar-refractivity contribution in [3.05, 3.63) is 47.7 Å². The molecule has 0 aliphatic heterocycles. The Bertz CT molecular complexity index is 1090. The number of H-pyrrole nitrogens is 1. The van der Waals surface area contributed by atoms with Crippen LogP contribution in [0.15, 0.2) is 42.1 Å². The Kier molecular flexibility index (Phi) is 11.6. The summed E-state index contributed by atoms with van der Waals surface area (Å²) in [5, 5.41) is 16.2. The zero-order chi connectivity index (χ0) is 28.6. The van der Waals surface area contributed by atoms with E-state index in [1.165, 1.54) is 24.3 Å². The predicted octanol–water partition coefficient (Wildman–Crippen LogP) is 4.47. The first-order chi connectivity index (χ1) is 17.1. The number of carbonyl (C=O) groups excluding carboxylic acids is 2. The van der Waals surface area contributed by atoms with E-state index in [0.717, 1.165) is 16.5 Å². The number of likely N-dealkylation sites (N-methyl/N-ethyl adjacent to an activating group) is 2.